The summed E-state index contributed by atoms with van der Waals surface area (Å²) in [5, 5.41) is 10.6. The number of para-hydroxylation sites is 1. The Hall–Kier alpha value is -2.13. The van der Waals surface area contributed by atoms with Crippen molar-refractivity contribution in [3.8, 4) is 0 Å². The molecule has 0 atom stereocenters. The summed E-state index contributed by atoms with van der Waals surface area (Å²) in [4.78, 5) is 0. The third kappa shape index (κ3) is 2.10. The third-order valence-electron chi connectivity index (χ3n) is 3.77. The summed E-state index contributed by atoms with van der Waals surface area (Å²) in [5.74, 6) is -0.223. The molecule has 0 bridgehead atoms. The van der Waals surface area contributed by atoms with Gasteiger partial charge in [-0.15, -0.1) is 0 Å². The highest BCUT2D eigenvalue weighted by Gasteiger charge is 2.12. The van der Waals surface area contributed by atoms with Gasteiger partial charge in [-0.1, -0.05) is 30.3 Å². The molecule has 3 aromatic rings. The Kier molecular flexibility index (Phi) is 3.28. The van der Waals surface area contributed by atoms with Crippen LogP contribution in [0.5, 0.6) is 0 Å². The lowest BCUT2D eigenvalue weighted by atomic mass is 10.1. The minimum atomic E-state index is -0.223. The molecule has 0 saturated carbocycles. The standard InChI is InChI=1S/C17H16FNO/c1-12-16(11-20)15-4-2-3-5-17(15)19(12)10-13-6-8-14(18)9-7-13/h2-9,20H,10-11H2,1H3. The van der Waals surface area contributed by atoms with Gasteiger partial charge in [0.25, 0.3) is 0 Å². The van der Waals surface area contributed by atoms with E-state index in [1.807, 2.05) is 31.2 Å². The van der Waals surface area contributed by atoms with Gasteiger partial charge in [0.15, 0.2) is 0 Å². The molecule has 0 aliphatic heterocycles. The maximum atomic E-state index is 13.0. The first-order valence-corrected chi connectivity index (χ1v) is 6.62. The van der Waals surface area contributed by atoms with Crippen molar-refractivity contribution in [3.63, 3.8) is 0 Å². The largest absolute Gasteiger partial charge is 0.392 e. The molecule has 0 saturated heterocycles. The highest BCUT2D eigenvalue weighted by atomic mass is 19.1. The minimum absolute atomic E-state index is 0.0305. The summed E-state index contributed by atoms with van der Waals surface area (Å²) in [5.41, 5.74) is 4.15. The Morgan fingerprint density at radius 2 is 1.75 bits per heavy atom. The number of aliphatic hydroxyl groups excluding tert-OH is 1. The molecule has 0 radical (unpaired) electrons. The van der Waals surface area contributed by atoms with Crippen LogP contribution in [0.1, 0.15) is 16.8 Å². The number of aromatic nitrogens is 1. The van der Waals surface area contributed by atoms with Crippen LogP contribution in [-0.4, -0.2) is 9.67 Å². The van der Waals surface area contributed by atoms with Crippen LogP contribution in [0, 0.1) is 12.7 Å². The predicted molar refractivity (Wildman–Crippen MR) is 78.1 cm³/mol. The fourth-order valence-electron chi connectivity index (χ4n) is 2.68. The highest BCUT2D eigenvalue weighted by Crippen LogP contribution is 2.26. The van der Waals surface area contributed by atoms with E-state index in [9.17, 15) is 9.50 Å². The first kappa shape index (κ1) is 12.9. The lowest BCUT2D eigenvalue weighted by Crippen LogP contribution is -2.02. The number of hydrogen-bond acceptors (Lipinski definition) is 1. The molecular weight excluding hydrogens is 253 g/mol. The Morgan fingerprint density at radius 1 is 1.05 bits per heavy atom. The monoisotopic (exact) mass is 269 g/mol. The van der Waals surface area contributed by atoms with Crippen molar-refractivity contribution in [2.45, 2.75) is 20.1 Å². The molecule has 20 heavy (non-hydrogen) atoms. The SMILES string of the molecule is Cc1c(CO)c2ccccc2n1Cc1ccc(F)cc1. The molecule has 102 valence electrons. The summed E-state index contributed by atoms with van der Waals surface area (Å²) in [6.45, 7) is 2.71. The molecule has 2 nitrogen and oxygen atoms in total. The molecule has 0 amide bonds. The van der Waals surface area contributed by atoms with Gasteiger partial charge in [0, 0.05) is 28.7 Å². The number of aliphatic hydroxyl groups is 1. The second-order valence-corrected chi connectivity index (χ2v) is 4.95. The predicted octanol–water partition coefficient (Wildman–Crippen LogP) is 3.63. The summed E-state index contributed by atoms with van der Waals surface area (Å²) in [6.07, 6.45) is 0. The van der Waals surface area contributed by atoms with E-state index < -0.39 is 0 Å². The van der Waals surface area contributed by atoms with Gasteiger partial charge >= 0.3 is 0 Å². The van der Waals surface area contributed by atoms with Crippen molar-refractivity contribution in [2.24, 2.45) is 0 Å². The maximum absolute atomic E-state index is 13.0. The molecule has 3 heteroatoms. The average molecular weight is 269 g/mol. The topological polar surface area (TPSA) is 25.2 Å². The lowest BCUT2D eigenvalue weighted by molar-refractivity contribution is 0.282. The molecule has 3 rings (SSSR count). The van der Waals surface area contributed by atoms with E-state index >= 15 is 0 Å². The quantitative estimate of drug-likeness (QED) is 0.771. The van der Waals surface area contributed by atoms with Crippen LogP contribution >= 0.6 is 0 Å². The van der Waals surface area contributed by atoms with Crippen molar-refractivity contribution in [3.05, 3.63) is 71.2 Å². The molecule has 0 aliphatic carbocycles. The fourth-order valence-corrected chi connectivity index (χ4v) is 2.68. The van der Waals surface area contributed by atoms with Crippen molar-refractivity contribution < 1.29 is 9.50 Å². The van der Waals surface area contributed by atoms with Crippen molar-refractivity contribution in [1.82, 2.24) is 4.57 Å². The first-order chi connectivity index (χ1) is 9.70. The van der Waals surface area contributed by atoms with E-state index in [2.05, 4.69) is 4.57 Å². The number of nitrogens with zero attached hydrogens (tertiary/aromatic N) is 1. The Bertz CT molecular complexity index is 744. The van der Waals surface area contributed by atoms with Gasteiger partial charge in [-0.2, -0.15) is 0 Å². The molecule has 1 N–H and O–H groups in total. The molecule has 1 heterocycles. The van der Waals surface area contributed by atoms with Crippen LogP contribution in [0.25, 0.3) is 10.9 Å². The molecule has 2 aromatic carbocycles. The Morgan fingerprint density at radius 3 is 2.45 bits per heavy atom. The second-order valence-electron chi connectivity index (χ2n) is 4.95. The van der Waals surface area contributed by atoms with E-state index in [-0.39, 0.29) is 12.4 Å². The van der Waals surface area contributed by atoms with E-state index in [1.54, 1.807) is 12.1 Å². The average Bonchev–Trinajstić information content (AvgIpc) is 2.74. The maximum Gasteiger partial charge on any atom is 0.123 e. The van der Waals surface area contributed by atoms with Crippen molar-refractivity contribution in [2.75, 3.05) is 0 Å². The summed E-state index contributed by atoms with van der Waals surface area (Å²) in [6, 6.07) is 14.6. The number of fused-ring (bicyclic) bond motifs is 1. The normalized spacial score (nSPS) is 11.2. The van der Waals surface area contributed by atoms with Gasteiger partial charge in [-0.05, 0) is 30.7 Å². The van der Waals surface area contributed by atoms with Crippen LogP contribution in [0.4, 0.5) is 4.39 Å². The van der Waals surface area contributed by atoms with Gasteiger partial charge in [-0.25, -0.2) is 4.39 Å². The number of benzene rings is 2. The van der Waals surface area contributed by atoms with Crippen molar-refractivity contribution in [1.29, 1.82) is 0 Å². The smallest absolute Gasteiger partial charge is 0.123 e. The molecular formula is C17H16FNO. The number of halogens is 1. The zero-order valence-corrected chi connectivity index (χ0v) is 11.3. The molecule has 0 unspecified atom stereocenters. The van der Waals surface area contributed by atoms with E-state index in [0.717, 1.165) is 27.7 Å². The van der Waals surface area contributed by atoms with Gasteiger partial charge in [0.1, 0.15) is 5.82 Å². The zero-order chi connectivity index (χ0) is 14.1. The van der Waals surface area contributed by atoms with Crippen LogP contribution in [0.2, 0.25) is 0 Å². The third-order valence-corrected chi connectivity index (χ3v) is 3.77. The van der Waals surface area contributed by atoms with Crippen LogP contribution in [0.3, 0.4) is 0 Å². The van der Waals surface area contributed by atoms with Crippen LogP contribution < -0.4 is 0 Å². The van der Waals surface area contributed by atoms with Gasteiger partial charge in [-0.3, -0.25) is 0 Å². The number of hydrogen-bond donors (Lipinski definition) is 1. The summed E-state index contributed by atoms with van der Waals surface area (Å²) >= 11 is 0. The fraction of sp³-hybridized carbons (Fsp3) is 0.176. The Labute approximate surface area is 117 Å². The molecule has 0 fully saturated rings. The molecule has 0 aliphatic rings. The summed E-state index contributed by atoms with van der Waals surface area (Å²) in [7, 11) is 0. The Balaban J connectivity index is 2.11. The van der Waals surface area contributed by atoms with Gasteiger partial charge in [0.05, 0.1) is 6.61 Å². The van der Waals surface area contributed by atoms with E-state index in [4.69, 9.17) is 0 Å². The zero-order valence-electron chi connectivity index (χ0n) is 11.3. The van der Waals surface area contributed by atoms with Crippen LogP contribution in [-0.2, 0) is 13.2 Å². The van der Waals surface area contributed by atoms with Gasteiger partial charge in [0.2, 0.25) is 0 Å². The van der Waals surface area contributed by atoms with E-state index in [1.165, 1.54) is 12.1 Å². The van der Waals surface area contributed by atoms with Crippen LogP contribution in [0.15, 0.2) is 48.5 Å². The lowest BCUT2D eigenvalue weighted by Gasteiger charge is -2.09. The molecule has 1 aromatic heterocycles. The van der Waals surface area contributed by atoms with Gasteiger partial charge < -0.3 is 9.67 Å². The first-order valence-electron chi connectivity index (χ1n) is 6.62. The second kappa shape index (κ2) is 5.10. The minimum Gasteiger partial charge on any atom is -0.392 e. The van der Waals surface area contributed by atoms with E-state index in [0.29, 0.717) is 6.54 Å². The number of rotatable bonds is 3. The van der Waals surface area contributed by atoms with Crippen molar-refractivity contribution >= 4 is 10.9 Å². The highest BCUT2D eigenvalue weighted by molar-refractivity contribution is 5.85. The molecule has 0 spiro atoms. The summed E-state index contributed by atoms with van der Waals surface area (Å²) < 4.78 is 15.1.